The minimum Gasteiger partial charge on any atom is -0.378 e. The van der Waals surface area contributed by atoms with Crippen LogP contribution in [0.2, 0.25) is 0 Å². The number of aromatic nitrogens is 2. The summed E-state index contributed by atoms with van der Waals surface area (Å²) in [5.41, 5.74) is 3.51. The van der Waals surface area contributed by atoms with Crippen LogP contribution in [0.5, 0.6) is 0 Å². The lowest BCUT2D eigenvalue weighted by atomic mass is 9.91. The van der Waals surface area contributed by atoms with Gasteiger partial charge in [0.1, 0.15) is 0 Å². The van der Waals surface area contributed by atoms with Crippen LogP contribution >= 0.6 is 0 Å². The molecule has 3 heterocycles. The van der Waals surface area contributed by atoms with Gasteiger partial charge in [0.05, 0.1) is 13.2 Å². The van der Waals surface area contributed by atoms with Crippen LogP contribution < -0.4 is 15.8 Å². The van der Waals surface area contributed by atoms with Crippen molar-refractivity contribution in [3.05, 3.63) is 57.0 Å². The molecule has 0 aliphatic carbocycles. The first-order chi connectivity index (χ1) is 16.9. The molecule has 2 saturated heterocycles. The number of carbonyl (C=O) groups is 1. The highest BCUT2D eigenvalue weighted by molar-refractivity contribution is 5.76. The number of H-pyrrole nitrogens is 1. The Bertz CT molecular complexity index is 1050. The van der Waals surface area contributed by atoms with Gasteiger partial charge in [-0.2, -0.15) is 0 Å². The van der Waals surface area contributed by atoms with E-state index in [4.69, 9.17) is 4.74 Å². The molecular weight excluding hydrogens is 442 g/mol. The Labute approximate surface area is 208 Å². The van der Waals surface area contributed by atoms with Gasteiger partial charge in [0.25, 0.3) is 5.56 Å². The van der Waals surface area contributed by atoms with Gasteiger partial charge in [-0.25, -0.2) is 4.98 Å². The number of amides is 1. The zero-order valence-corrected chi connectivity index (χ0v) is 21.3. The summed E-state index contributed by atoms with van der Waals surface area (Å²) < 4.78 is 5.37. The number of anilines is 1. The number of rotatable bonds is 8. The average Bonchev–Trinajstić information content (AvgIpc) is 2.83. The van der Waals surface area contributed by atoms with E-state index >= 15 is 0 Å². The number of carbonyl (C=O) groups excluding carboxylic acids is 1. The smallest absolute Gasteiger partial charge is 0.255 e. The van der Waals surface area contributed by atoms with Gasteiger partial charge in [-0.05, 0) is 42.7 Å². The van der Waals surface area contributed by atoms with Crippen LogP contribution in [0, 0.1) is 18.8 Å². The molecule has 1 amide bonds. The minimum absolute atomic E-state index is 0.0592. The van der Waals surface area contributed by atoms with Gasteiger partial charge < -0.3 is 15.0 Å². The number of aryl methyl sites for hydroxylation is 1. The highest BCUT2D eigenvalue weighted by atomic mass is 16.5. The molecule has 0 radical (unpaired) electrons. The molecule has 2 fully saturated rings. The molecule has 2 atom stereocenters. The lowest BCUT2D eigenvalue weighted by Crippen LogP contribution is -2.38. The highest BCUT2D eigenvalue weighted by Crippen LogP contribution is 2.23. The van der Waals surface area contributed by atoms with Gasteiger partial charge in [0, 0.05) is 56.9 Å². The van der Waals surface area contributed by atoms with Crippen molar-refractivity contribution in [1.29, 1.82) is 0 Å². The van der Waals surface area contributed by atoms with Crippen LogP contribution in [0.25, 0.3) is 0 Å². The van der Waals surface area contributed by atoms with Crippen molar-refractivity contribution in [3.8, 4) is 0 Å². The number of morpholine rings is 1. The number of piperidine rings is 1. The largest absolute Gasteiger partial charge is 0.378 e. The van der Waals surface area contributed by atoms with E-state index < -0.39 is 0 Å². The van der Waals surface area contributed by atoms with E-state index in [1.807, 2.05) is 17.9 Å². The summed E-state index contributed by atoms with van der Waals surface area (Å²) in [7, 11) is 0. The molecule has 2 aliphatic rings. The topological polar surface area (TPSA) is 90.6 Å². The minimum atomic E-state index is -0.165. The summed E-state index contributed by atoms with van der Waals surface area (Å²) in [6.45, 7) is 12.8. The Hall–Kier alpha value is -2.71. The molecular formula is C27H39N5O3. The molecule has 0 spiro atoms. The molecule has 2 aromatic rings. The fourth-order valence-electron chi connectivity index (χ4n) is 5.38. The lowest BCUT2D eigenvalue weighted by molar-refractivity contribution is -0.121. The van der Waals surface area contributed by atoms with Crippen LogP contribution in [0.1, 0.15) is 49.1 Å². The van der Waals surface area contributed by atoms with Gasteiger partial charge >= 0.3 is 0 Å². The van der Waals surface area contributed by atoms with E-state index in [0.717, 1.165) is 37.0 Å². The molecule has 0 saturated carbocycles. The summed E-state index contributed by atoms with van der Waals surface area (Å²) in [5, 5.41) is 3.05. The van der Waals surface area contributed by atoms with Crippen molar-refractivity contribution in [1.82, 2.24) is 20.2 Å². The van der Waals surface area contributed by atoms with Gasteiger partial charge in [-0.1, -0.05) is 38.1 Å². The predicted molar refractivity (Wildman–Crippen MR) is 137 cm³/mol. The average molecular weight is 482 g/mol. The van der Waals surface area contributed by atoms with E-state index in [-0.39, 0.29) is 17.9 Å². The van der Waals surface area contributed by atoms with Gasteiger partial charge in [0.15, 0.2) is 0 Å². The van der Waals surface area contributed by atoms with Crippen molar-refractivity contribution in [3.63, 3.8) is 0 Å². The molecule has 0 bridgehead atoms. The molecule has 1 aromatic heterocycles. The zero-order valence-electron chi connectivity index (χ0n) is 21.3. The van der Waals surface area contributed by atoms with Crippen LogP contribution in [0.3, 0.4) is 0 Å². The van der Waals surface area contributed by atoms with Crippen molar-refractivity contribution >= 4 is 11.9 Å². The van der Waals surface area contributed by atoms with E-state index in [1.54, 1.807) is 0 Å². The third-order valence-electron chi connectivity index (χ3n) is 7.06. The molecule has 2 unspecified atom stereocenters. The SMILES string of the molecule is Cc1nc(N2CCOCC2)[nH]c(=O)c1CCC(=O)NCc1ccccc1CN1CC(C)CC(C)C1. The maximum absolute atomic E-state index is 12.7. The monoisotopic (exact) mass is 481 g/mol. The molecule has 190 valence electrons. The van der Waals surface area contributed by atoms with Gasteiger partial charge in [0.2, 0.25) is 11.9 Å². The van der Waals surface area contributed by atoms with E-state index in [9.17, 15) is 9.59 Å². The standard InChI is InChI=1S/C27H39N5O3/c1-19-14-20(2)17-31(16-19)18-23-7-5-4-6-22(23)15-28-25(33)9-8-24-21(3)29-27(30-26(24)34)32-10-12-35-13-11-32/h4-7,19-20H,8-18H2,1-3H3,(H,28,33)(H,29,30,34). The normalized spacial score (nSPS) is 21.2. The second-order valence-corrected chi connectivity index (χ2v) is 10.2. The number of ether oxygens (including phenoxy) is 1. The molecule has 2 aliphatic heterocycles. The number of benzene rings is 1. The number of hydrogen-bond donors (Lipinski definition) is 2. The van der Waals surface area contributed by atoms with Crippen molar-refractivity contribution in [2.24, 2.45) is 11.8 Å². The zero-order chi connectivity index (χ0) is 24.8. The Morgan fingerprint density at radius 2 is 1.83 bits per heavy atom. The first-order valence-corrected chi connectivity index (χ1v) is 12.9. The second kappa shape index (κ2) is 11.8. The first-order valence-electron chi connectivity index (χ1n) is 12.9. The number of likely N-dealkylation sites (tertiary alicyclic amines) is 1. The van der Waals surface area contributed by atoms with Crippen molar-refractivity contribution in [2.45, 2.75) is 53.1 Å². The number of nitrogens with one attached hydrogen (secondary N) is 2. The summed E-state index contributed by atoms with van der Waals surface area (Å²) in [5.74, 6) is 1.96. The van der Waals surface area contributed by atoms with Crippen LogP contribution in [0.15, 0.2) is 29.1 Å². The Morgan fingerprint density at radius 1 is 1.14 bits per heavy atom. The molecule has 35 heavy (non-hydrogen) atoms. The van der Waals surface area contributed by atoms with Crippen LogP contribution in [0.4, 0.5) is 5.95 Å². The van der Waals surface area contributed by atoms with Crippen molar-refractivity contribution in [2.75, 3.05) is 44.3 Å². The highest BCUT2D eigenvalue weighted by Gasteiger charge is 2.22. The third kappa shape index (κ3) is 6.92. The number of nitrogens with zero attached hydrogens (tertiary/aromatic N) is 3. The van der Waals surface area contributed by atoms with Crippen LogP contribution in [-0.4, -0.2) is 60.2 Å². The maximum atomic E-state index is 12.7. The molecule has 8 nitrogen and oxygen atoms in total. The Balaban J connectivity index is 1.31. The van der Waals surface area contributed by atoms with E-state index in [0.29, 0.717) is 56.5 Å². The van der Waals surface area contributed by atoms with E-state index in [2.05, 4.69) is 52.2 Å². The summed E-state index contributed by atoms with van der Waals surface area (Å²) in [6.07, 6.45) is 1.92. The third-order valence-corrected chi connectivity index (χ3v) is 7.06. The molecule has 4 rings (SSSR count). The fourth-order valence-corrected chi connectivity index (χ4v) is 5.38. The predicted octanol–water partition coefficient (Wildman–Crippen LogP) is 2.64. The van der Waals surface area contributed by atoms with Crippen molar-refractivity contribution < 1.29 is 9.53 Å². The fraction of sp³-hybridized carbons (Fsp3) is 0.593. The van der Waals surface area contributed by atoms with E-state index in [1.165, 1.54) is 12.0 Å². The van der Waals surface area contributed by atoms with Gasteiger partial charge in [-0.3, -0.25) is 19.5 Å². The molecule has 8 heteroatoms. The number of aromatic amines is 1. The summed E-state index contributed by atoms with van der Waals surface area (Å²) in [4.78, 5) is 37.4. The molecule has 2 N–H and O–H groups in total. The summed E-state index contributed by atoms with van der Waals surface area (Å²) >= 11 is 0. The maximum Gasteiger partial charge on any atom is 0.255 e. The summed E-state index contributed by atoms with van der Waals surface area (Å²) in [6, 6.07) is 8.35. The Kier molecular flexibility index (Phi) is 8.57. The first kappa shape index (κ1) is 25.4. The van der Waals surface area contributed by atoms with Gasteiger partial charge in [-0.15, -0.1) is 0 Å². The lowest BCUT2D eigenvalue weighted by Gasteiger charge is -2.35. The quantitative estimate of drug-likeness (QED) is 0.603. The number of hydrogen-bond acceptors (Lipinski definition) is 6. The molecule has 1 aromatic carbocycles. The van der Waals surface area contributed by atoms with Crippen LogP contribution in [-0.2, 0) is 29.0 Å². The second-order valence-electron chi connectivity index (χ2n) is 10.2. The Morgan fingerprint density at radius 3 is 2.51 bits per heavy atom.